The molecule has 1 aromatic rings. The van der Waals surface area contributed by atoms with E-state index in [1.807, 2.05) is 6.07 Å². The summed E-state index contributed by atoms with van der Waals surface area (Å²) in [6.45, 7) is 3.01. The van der Waals surface area contributed by atoms with Gasteiger partial charge in [0.15, 0.2) is 0 Å². The lowest BCUT2D eigenvalue weighted by molar-refractivity contribution is -0.123. The van der Waals surface area contributed by atoms with Crippen LogP contribution in [0.2, 0.25) is 10.0 Å². The van der Waals surface area contributed by atoms with Crippen molar-refractivity contribution in [2.45, 2.75) is 20.3 Å². The zero-order valence-corrected chi connectivity index (χ0v) is 10.6. The molecule has 0 aromatic heterocycles. The summed E-state index contributed by atoms with van der Waals surface area (Å²) in [6.07, 6.45) is 0.276. The summed E-state index contributed by atoms with van der Waals surface area (Å²) in [5, 5.41) is 10.1. The van der Waals surface area contributed by atoms with Crippen molar-refractivity contribution in [3.05, 3.63) is 33.8 Å². The lowest BCUT2D eigenvalue weighted by Gasteiger charge is -2.18. The molecule has 2 nitrogen and oxygen atoms in total. The Labute approximate surface area is 105 Å². The topological polar surface area (TPSA) is 40.9 Å². The summed E-state index contributed by atoms with van der Waals surface area (Å²) in [5.41, 5.74) is -0.331. The summed E-state index contributed by atoms with van der Waals surface area (Å²) in [4.78, 5) is 11.4. The zero-order chi connectivity index (χ0) is 12.3. The number of carbonyl (C=O) groups is 1. The summed E-state index contributed by atoms with van der Waals surface area (Å²) >= 11 is 11.8. The molecular formula is C12H11Cl2NO. The van der Waals surface area contributed by atoms with Gasteiger partial charge in [-0.25, -0.2) is 0 Å². The number of hydrogen-bond acceptors (Lipinski definition) is 2. The molecule has 0 spiro atoms. The lowest BCUT2D eigenvalue weighted by atomic mass is 9.82. The first-order chi connectivity index (χ1) is 7.39. The third-order valence-electron chi connectivity index (χ3n) is 2.58. The predicted molar refractivity (Wildman–Crippen MR) is 64.6 cm³/mol. The normalized spacial score (nSPS) is 13.9. The second-order valence-corrected chi connectivity index (χ2v) is 4.76. The van der Waals surface area contributed by atoms with Crippen LogP contribution in [0.4, 0.5) is 0 Å². The third-order valence-corrected chi connectivity index (χ3v) is 3.18. The molecule has 1 atom stereocenters. The van der Waals surface area contributed by atoms with Gasteiger partial charge in [0, 0.05) is 10.0 Å². The van der Waals surface area contributed by atoms with Crippen LogP contribution in [-0.2, 0) is 11.2 Å². The molecule has 0 saturated carbocycles. The average Bonchev–Trinajstić information content (AvgIpc) is 2.23. The van der Waals surface area contributed by atoms with Gasteiger partial charge >= 0.3 is 0 Å². The SMILES string of the molecule is CC(=O)C(C)(C#N)Cc1cc(Cl)ccc1Cl. The Morgan fingerprint density at radius 3 is 2.62 bits per heavy atom. The molecule has 1 unspecified atom stereocenters. The minimum atomic E-state index is -1.05. The number of benzene rings is 1. The Morgan fingerprint density at radius 1 is 1.50 bits per heavy atom. The van der Waals surface area contributed by atoms with Crippen molar-refractivity contribution in [2.75, 3.05) is 0 Å². The maximum atomic E-state index is 11.4. The molecule has 0 fully saturated rings. The Hall–Kier alpha value is -1.04. The molecule has 0 radical (unpaired) electrons. The minimum Gasteiger partial charge on any atom is -0.298 e. The van der Waals surface area contributed by atoms with Crippen molar-refractivity contribution in [3.8, 4) is 6.07 Å². The number of nitriles is 1. The Morgan fingerprint density at radius 2 is 2.12 bits per heavy atom. The number of hydrogen-bond donors (Lipinski definition) is 0. The summed E-state index contributed by atoms with van der Waals surface area (Å²) < 4.78 is 0. The number of Topliss-reactive ketones (excluding diaryl/α,β-unsaturated/α-hetero) is 1. The van der Waals surface area contributed by atoms with Gasteiger partial charge < -0.3 is 0 Å². The first-order valence-electron chi connectivity index (χ1n) is 4.75. The highest BCUT2D eigenvalue weighted by Gasteiger charge is 2.30. The number of halogens is 2. The van der Waals surface area contributed by atoms with E-state index in [-0.39, 0.29) is 12.2 Å². The van der Waals surface area contributed by atoms with Crippen molar-refractivity contribution in [1.82, 2.24) is 0 Å². The van der Waals surface area contributed by atoms with Crippen LogP contribution in [0.25, 0.3) is 0 Å². The molecule has 1 rings (SSSR count). The molecule has 0 saturated heterocycles. The van der Waals surface area contributed by atoms with Crippen molar-refractivity contribution < 1.29 is 4.79 Å². The van der Waals surface area contributed by atoms with E-state index in [1.165, 1.54) is 6.92 Å². The third kappa shape index (κ3) is 2.75. The van der Waals surface area contributed by atoms with E-state index in [2.05, 4.69) is 0 Å². The number of rotatable bonds is 3. The van der Waals surface area contributed by atoms with Gasteiger partial charge in [0.25, 0.3) is 0 Å². The highest BCUT2D eigenvalue weighted by Crippen LogP contribution is 2.29. The van der Waals surface area contributed by atoms with Crippen molar-refractivity contribution in [3.63, 3.8) is 0 Å². The highest BCUT2D eigenvalue weighted by molar-refractivity contribution is 6.33. The molecule has 0 heterocycles. The lowest BCUT2D eigenvalue weighted by Crippen LogP contribution is -2.26. The molecule has 84 valence electrons. The van der Waals surface area contributed by atoms with Crippen LogP contribution < -0.4 is 0 Å². The first-order valence-corrected chi connectivity index (χ1v) is 5.51. The first kappa shape index (κ1) is 13.0. The molecular weight excluding hydrogens is 245 g/mol. The number of carbonyl (C=O) groups excluding carboxylic acids is 1. The Bertz CT molecular complexity index is 465. The van der Waals surface area contributed by atoms with Gasteiger partial charge in [-0.1, -0.05) is 23.2 Å². The maximum absolute atomic E-state index is 11.4. The second kappa shape index (κ2) is 4.86. The molecule has 0 aliphatic carbocycles. The monoisotopic (exact) mass is 255 g/mol. The fourth-order valence-electron chi connectivity index (χ4n) is 1.30. The largest absolute Gasteiger partial charge is 0.298 e. The highest BCUT2D eigenvalue weighted by atomic mass is 35.5. The van der Waals surface area contributed by atoms with Crippen molar-refractivity contribution in [1.29, 1.82) is 5.26 Å². The van der Waals surface area contributed by atoms with Gasteiger partial charge in [0.05, 0.1) is 6.07 Å². The summed E-state index contributed by atoms with van der Waals surface area (Å²) in [5.74, 6) is -0.175. The molecule has 0 bridgehead atoms. The molecule has 16 heavy (non-hydrogen) atoms. The minimum absolute atomic E-state index is 0.175. The molecule has 0 N–H and O–H groups in total. The smallest absolute Gasteiger partial charge is 0.150 e. The van der Waals surface area contributed by atoms with Gasteiger partial charge in [-0.2, -0.15) is 5.26 Å². The van der Waals surface area contributed by atoms with Crippen LogP contribution in [0.1, 0.15) is 19.4 Å². The second-order valence-electron chi connectivity index (χ2n) is 3.91. The maximum Gasteiger partial charge on any atom is 0.150 e. The van der Waals surface area contributed by atoms with E-state index in [0.29, 0.717) is 15.6 Å². The zero-order valence-electron chi connectivity index (χ0n) is 9.05. The van der Waals surface area contributed by atoms with E-state index in [9.17, 15) is 4.79 Å². The van der Waals surface area contributed by atoms with Gasteiger partial charge in [-0.05, 0) is 44.0 Å². The van der Waals surface area contributed by atoms with Gasteiger partial charge in [-0.3, -0.25) is 4.79 Å². The van der Waals surface area contributed by atoms with E-state index < -0.39 is 5.41 Å². The van der Waals surface area contributed by atoms with Crippen molar-refractivity contribution >= 4 is 29.0 Å². The molecule has 0 amide bonds. The van der Waals surface area contributed by atoms with Crippen LogP contribution in [0, 0.1) is 16.7 Å². The fraction of sp³-hybridized carbons (Fsp3) is 0.333. The van der Waals surface area contributed by atoms with E-state index in [1.54, 1.807) is 25.1 Å². The fourth-order valence-corrected chi connectivity index (χ4v) is 1.68. The van der Waals surface area contributed by atoms with E-state index in [0.717, 1.165) is 0 Å². The Kier molecular flexibility index (Phi) is 3.96. The molecule has 4 heteroatoms. The van der Waals surface area contributed by atoms with Crippen LogP contribution in [0.5, 0.6) is 0 Å². The van der Waals surface area contributed by atoms with E-state index >= 15 is 0 Å². The van der Waals surface area contributed by atoms with Gasteiger partial charge in [0.2, 0.25) is 0 Å². The summed E-state index contributed by atoms with van der Waals surface area (Å²) in [6, 6.07) is 7.04. The van der Waals surface area contributed by atoms with Crippen LogP contribution in [0.15, 0.2) is 18.2 Å². The van der Waals surface area contributed by atoms with Gasteiger partial charge in [0.1, 0.15) is 11.2 Å². The van der Waals surface area contributed by atoms with Gasteiger partial charge in [-0.15, -0.1) is 0 Å². The number of ketones is 1. The number of nitrogens with zero attached hydrogens (tertiary/aromatic N) is 1. The van der Waals surface area contributed by atoms with Crippen LogP contribution in [-0.4, -0.2) is 5.78 Å². The summed E-state index contributed by atoms with van der Waals surface area (Å²) in [7, 11) is 0. The van der Waals surface area contributed by atoms with Crippen LogP contribution in [0.3, 0.4) is 0 Å². The predicted octanol–water partition coefficient (Wildman–Crippen LogP) is 3.65. The molecule has 1 aromatic carbocycles. The standard InChI is InChI=1S/C12H11Cl2NO/c1-8(16)12(2,7-15)6-9-5-10(13)3-4-11(9)14/h3-5H,6H2,1-2H3. The van der Waals surface area contributed by atoms with E-state index in [4.69, 9.17) is 28.5 Å². The van der Waals surface area contributed by atoms with Crippen LogP contribution >= 0.6 is 23.2 Å². The Balaban J connectivity index is 3.09. The van der Waals surface area contributed by atoms with Crippen molar-refractivity contribution in [2.24, 2.45) is 5.41 Å². The average molecular weight is 256 g/mol. The molecule has 0 aliphatic rings. The quantitative estimate of drug-likeness (QED) is 0.828. The molecule has 0 aliphatic heterocycles.